The minimum atomic E-state index is -3.97. The molecule has 2 aromatic carbocycles. The first-order valence-electron chi connectivity index (χ1n) is 7.55. The molecule has 0 atom stereocenters. The van der Waals surface area contributed by atoms with Crippen molar-refractivity contribution in [2.45, 2.75) is 25.2 Å². The molecule has 0 spiro atoms. The van der Waals surface area contributed by atoms with Crippen LogP contribution >= 0.6 is 0 Å². The Morgan fingerprint density at radius 2 is 1.92 bits per heavy atom. The summed E-state index contributed by atoms with van der Waals surface area (Å²) in [6.45, 7) is 3.71. The number of nitrogens with zero attached hydrogens (tertiary/aromatic N) is 3. The summed E-state index contributed by atoms with van der Waals surface area (Å²) < 4.78 is 38.5. The Morgan fingerprint density at radius 3 is 2.56 bits per heavy atom. The predicted octanol–water partition coefficient (Wildman–Crippen LogP) is 2.26. The molecule has 0 aliphatic heterocycles. The van der Waals surface area contributed by atoms with Crippen molar-refractivity contribution in [2.75, 3.05) is 0 Å². The van der Waals surface area contributed by atoms with Crippen molar-refractivity contribution >= 4 is 10.0 Å². The predicted molar refractivity (Wildman–Crippen MR) is 91.4 cm³/mol. The highest BCUT2D eigenvalue weighted by Crippen LogP contribution is 2.20. The van der Waals surface area contributed by atoms with Gasteiger partial charge in [0, 0.05) is 6.42 Å². The van der Waals surface area contributed by atoms with Gasteiger partial charge in [0.15, 0.2) is 0 Å². The van der Waals surface area contributed by atoms with Crippen LogP contribution in [-0.2, 0) is 16.4 Å². The second kappa shape index (κ2) is 6.38. The van der Waals surface area contributed by atoms with Crippen molar-refractivity contribution in [3.63, 3.8) is 0 Å². The molecule has 0 fully saturated rings. The van der Waals surface area contributed by atoms with Gasteiger partial charge < -0.3 is 0 Å². The molecule has 6 nitrogen and oxygen atoms in total. The lowest BCUT2D eigenvalue weighted by atomic mass is 10.1. The number of aromatic nitrogens is 3. The Morgan fingerprint density at radius 1 is 1.16 bits per heavy atom. The number of sulfonamides is 1. The smallest absolute Gasteiger partial charge is 0.225 e. The monoisotopic (exact) mass is 360 g/mol. The molecule has 1 heterocycles. The van der Waals surface area contributed by atoms with E-state index in [2.05, 4.69) is 10.1 Å². The number of hydrogen-bond donors (Lipinski definition) is 1. The van der Waals surface area contributed by atoms with Crippen molar-refractivity contribution in [1.82, 2.24) is 14.8 Å². The molecule has 130 valence electrons. The molecule has 0 aliphatic carbocycles. The van der Waals surface area contributed by atoms with Gasteiger partial charge in [-0.2, -0.15) is 5.10 Å². The van der Waals surface area contributed by atoms with E-state index < -0.39 is 15.8 Å². The van der Waals surface area contributed by atoms with Crippen molar-refractivity contribution in [1.29, 1.82) is 0 Å². The van der Waals surface area contributed by atoms with Gasteiger partial charge in [-0.3, -0.25) is 0 Å². The van der Waals surface area contributed by atoms with Gasteiger partial charge in [-0.05, 0) is 37.6 Å². The Kier molecular flexibility index (Phi) is 4.40. The molecule has 8 heteroatoms. The molecule has 25 heavy (non-hydrogen) atoms. The highest BCUT2D eigenvalue weighted by Gasteiger charge is 2.17. The number of aryl methyl sites for hydroxylation is 2. The van der Waals surface area contributed by atoms with E-state index in [9.17, 15) is 12.8 Å². The van der Waals surface area contributed by atoms with Gasteiger partial charge in [-0.1, -0.05) is 29.8 Å². The topological polar surface area (TPSA) is 90.9 Å². The molecule has 0 bridgehead atoms. The average Bonchev–Trinajstić information content (AvgIpc) is 2.86. The van der Waals surface area contributed by atoms with Gasteiger partial charge in [-0.25, -0.2) is 27.6 Å². The van der Waals surface area contributed by atoms with Crippen LogP contribution in [0.4, 0.5) is 4.39 Å². The summed E-state index contributed by atoms with van der Waals surface area (Å²) in [6, 6.07) is 11.4. The Balaban J connectivity index is 2.04. The average molecular weight is 360 g/mol. The van der Waals surface area contributed by atoms with Crippen LogP contribution < -0.4 is 5.14 Å². The molecule has 0 saturated carbocycles. The van der Waals surface area contributed by atoms with E-state index in [4.69, 9.17) is 5.14 Å². The van der Waals surface area contributed by atoms with E-state index >= 15 is 0 Å². The fraction of sp³-hybridized carbons (Fsp3) is 0.176. The summed E-state index contributed by atoms with van der Waals surface area (Å²) in [5.41, 5.74) is 2.26. The molecule has 0 saturated heterocycles. The van der Waals surface area contributed by atoms with E-state index in [0.717, 1.165) is 17.2 Å². The van der Waals surface area contributed by atoms with Crippen LogP contribution in [-0.4, -0.2) is 23.2 Å². The normalized spacial score (nSPS) is 11.7. The van der Waals surface area contributed by atoms with Gasteiger partial charge in [0.05, 0.1) is 4.90 Å². The van der Waals surface area contributed by atoms with Crippen LogP contribution in [0.3, 0.4) is 0 Å². The van der Waals surface area contributed by atoms with Crippen LogP contribution in [0.1, 0.15) is 22.8 Å². The molecule has 0 radical (unpaired) electrons. The first kappa shape index (κ1) is 17.2. The summed E-state index contributed by atoms with van der Waals surface area (Å²) in [7, 11) is -3.97. The van der Waals surface area contributed by atoms with Crippen LogP contribution in [0.15, 0.2) is 47.4 Å². The zero-order chi connectivity index (χ0) is 18.2. The minimum absolute atomic E-state index is 0.121. The lowest BCUT2D eigenvalue weighted by Crippen LogP contribution is -2.13. The van der Waals surface area contributed by atoms with E-state index in [0.29, 0.717) is 18.1 Å². The second-order valence-corrected chi connectivity index (χ2v) is 7.37. The molecule has 1 aromatic heterocycles. The number of halogens is 1. The third-order valence-corrected chi connectivity index (χ3v) is 4.61. The summed E-state index contributed by atoms with van der Waals surface area (Å²) in [4.78, 5) is 4.08. The van der Waals surface area contributed by atoms with Crippen LogP contribution in [0.2, 0.25) is 0 Å². The number of hydrogen-bond acceptors (Lipinski definition) is 4. The number of rotatable bonds is 4. The first-order chi connectivity index (χ1) is 11.7. The number of nitrogens with two attached hydrogens (primary N) is 1. The van der Waals surface area contributed by atoms with Crippen molar-refractivity contribution < 1.29 is 12.8 Å². The fourth-order valence-electron chi connectivity index (χ4n) is 2.61. The molecule has 3 rings (SSSR count). The van der Waals surface area contributed by atoms with E-state index in [1.165, 1.54) is 16.8 Å². The summed E-state index contributed by atoms with van der Waals surface area (Å²) >= 11 is 0. The zero-order valence-electron chi connectivity index (χ0n) is 13.8. The standard InChI is InChI=1S/C17H17FN4O2S/c1-11-4-3-5-13(8-11)9-17-20-12(2)21-22(17)16-7-6-14(10-15(16)18)25(19,23)24/h3-8,10H,9H2,1-2H3,(H2,19,23,24). The van der Waals surface area contributed by atoms with E-state index in [1.807, 2.05) is 31.2 Å². The van der Waals surface area contributed by atoms with Gasteiger partial charge in [0.2, 0.25) is 10.0 Å². The molecule has 3 aromatic rings. The maximum absolute atomic E-state index is 14.4. The van der Waals surface area contributed by atoms with Gasteiger partial charge >= 0.3 is 0 Å². The van der Waals surface area contributed by atoms with E-state index in [1.54, 1.807) is 6.92 Å². The number of primary sulfonamides is 1. The van der Waals surface area contributed by atoms with E-state index in [-0.39, 0.29) is 10.6 Å². The summed E-state index contributed by atoms with van der Waals surface area (Å²) in [6.07, 6.45) is 0.471. The second-order valence-electron chi connectivity index (χ2n) is 5.81. The maximum atomic E-state index is 14.4. The van der Waals surface area contributed by atoms with Gasteiger partial charge in [-0.15, -0.1) is 0 Å². The van der Waals surface area contributed by atoms with Crippen molar-refractivity contribution in [3.05, 3.63) is 71.1 Å². The highest BCUT2D eigenvalue weighted by atomic mass is 32.2. The van der Waals surface area contributed by atoms with Crippen molar-refractivity contribution in [2.24, 2.45) is 5.14 Å². The summed E-state index contributed by atoms with van der Waals surface area (Å²) in [5, 5.41) is 9.27. The van der Waals surface area contributed by atoms with Gasteiger partial charge in [0.1, 0.15) is 23.2 Å². The molecule has 0 aliphatic rings. The lowest BCUT2D eigenvalue weighted by molar-refractivity contribution is 0.587. The Hall–Kier alpha value is -2.58. The molecular weight excluding hydrogens is 343 g/mol. The first-order valence-corrected chi connectivity index (χ1v) is 9.09. The highest BCUT2D eigenvalue weighted by molar-refractivity contribution is 7.89. The minimum Gasteiger partial charge on any atom is -0.225 e. The van der Waals surface area contributed by atoms with Gasteiger partial charge in [0.25, 0.3) is 0 Å². The Bertz CT molecular complexity index is 1040. The molecule has 2 N–H and O–H groups in total. The number of benzene rings is 2. The maximum Gasteiger partial charge on any atom is 0.238 e. The third-order valence-electron chi connectivity index (χ3n) is 3.70. The SMILES string of the molecule is Cc1cccc(Cc2nc(C)nn2-c2ccc(S(N)(=O)=O)cc2F)c1. The zero-order valence-corrected chi connectivity index (χ0v) is 14.6. The third kappa shape index (κ3) is 3.75. The molecular formula is C17H17FN4O2S. The quantitative estimate of drug-likeness (QED) is 0.773. The molecule has 0 unspecified atom stereocenters. The lowest BCUT2D eigenvalue weighted by Gasteiger charge is -2.09. The van der Waals surface area contributed by atoms with Crippen LogP contribution in [0.25, 0.3) is 5.69 Å². The molecule has 0 amide bonds. The van der Waals surface area contributed by atoms with Crippen molar-refractivity contribution in [3.8, 4) is 5.69 Å². The summed E-state index contributed by atoms with van der Waals surface area (Å²) in [5.74, 6) is 0.324. The Labute approximate surface area is 145 Å². The van der Waals surface area contributed by atoms with Crippen LogP contribution in [0, 0.1) is 19.7 Å². The largest absolute Gasteiger partial charge is 0.238 e. The van der Waals surface area contributed by atoms with Crippen LogP contribution in [0.5, 0.6) is 0 Å². The fourth-order valence-corrected chi connectivity index (χ4v) is 3.13.